The topological polar surface area (TPSA) is 67.2 Å². The number of anilines is 2. The smallest absolute Gasteiger partial charge is 0.253 e. The van der Waals surface area contributed by atoms with Crippen LogP contribution in [0.15, 0.2) is 78.9 Å². The molecule has 1 aromatic heterocycles. The minimum absolute atomic E-state index is 0.0591. The first kappa shape index (κ1) is 20.9. The molecule has 0 aliphatic carbocycles. The van der Waals surface area contributed by atoms with Gasteiger partial charge in [-0.3, -0.25) is 19.1 Å². The zero-order valence-electron chi connectivity index (χ0n) is 18.6. The molecule has 6 nitrogen and oxygen atoms in total. The molecule has 6 heteroatoms. The molecule has 0 spiro atoms. The second-order valence-corrected chi connectivity index (χ2v) is 8.31. The summed E-state index contributed by atoms with van der Waals surface area (Å²) in [6.45, 7) is 2.61. The quantitative estimate of drug-likeness (QED) is 0.452. The highest BCUT2D eigenvalue weighted by Crippen LogP contribution is 2.36. The Kier molecular flexibility index (Phi) is 5.65. The lowest BCUT2D eigenvalue weighted by atomic mass is 10.1. The van der Waals surface area contributed by atoms with Crippen molar-refractivity contribution in [2.45, 2.75) is 32.2 Å². The molecule has 3 aromatic carbocycles. The minimum Gasteiger partial charge on any atom is -0.326 e. The highest BCUT2D eigenvalue weighted by atomic mass is 16.2. The minimum atomic E-state index is -0.613. The van der Waals surface area contributed by atoms with Crippen LogP contribution >= 0.6 is 0 Å². The van der Waals surface area contributed by atoms with Crippen LogP contribution < -0.4 is 10.2 Å². The van der Waals surface area contributed by atoms with E-state index < -0.39 is 6.04 Å². The number of carbonyl (C=O) groups is 2. The van der Waals surface area contributed by atoms with Gasteiger partial charge in [-0.25, -0.2) is 4.98 Å². The van der Waals surface area contributed by atoms with Crippen LogP contribution in [0.1, 0.15) is 30.5 Å². The van der Waals surface area contributed by atoms with E-state index in [9.17, 15) is 9.59 Å². The van der Waals surface area contributed by atoms with E-state index in [0.717, 1.165) is 35.1 Å². The highest BCUT2D eigenvalue weighted by molar-refractivity contribution is 6.05. The number of para-hydroxylation sites is 2. The van der Waals surface area contributed by atoms with Gasteiger partial charge in [0, 0.05) is 12.2 Å². The van der Waals surface area contributed by atoms with E-state index >= 15 is 0 Å². The number of nitrogens with zero attached hydrogens (tertiary/aromatic N) is 3. The van der Waals surface area contributed by atoms with E-state index in [4.69, 9.17) is 4.98 Å². The average molecular weight is 439 g/mol. The van der Waals surface area contributed by atoms with E-state index in [1.165, 1.54) is 5.56 Å². The van der Waals surface area contributed by atoms with E-state index in [2.05, 4.69) is 24.4 Å². The van der Waals surface area contributed by atoms with Crippen molar-refractivity contribution in [3.05, 3.63) is 90.0 Å². The molecule has 1 aliphatic rings. The van der Waals surface area contributed by atoms with Crippen molar-refractivity contribution in [2.75, 3.05) is 16.8 Å². The second kappa shape index (κ2) is 8.90. The molecule has 33 heavy (non-hydrogen) atoms. The van der Waals surface area contributed by atoms with Crippen molar-refractivity contribution in [3.63, 3.8) is 0 Å². The Hall–Kier alpha value is -3.93. The normalized spacial score (nSPS) is 15.1. The summed E-state index contributed by atoms with van der Waals surface area (Å²) in [4.78, 5) is 32.8. The monoisotopic (exact) mass is 438 g/mol. The molecule has 166 valence electrons. The zero-order valence-corrected chi connectivity index (χ0v) is 18.6. The first-order chi connectivity index (χ1) is 16.1. The Morgan fingerprint density at radius 3 is 2.42 bits per heavy atom. The number of nitrogens with one attached hydrogen (secondary N) is 1. The molecule has 1 atom stereocenters. The standard InChI is InChI=1S/C27H26N4O2/c1-2-19-12-14-21(15-13-19)28-25(32)18-24-26(33)30(17-16-20-8-4-3-5-9-20)27-29-22-10-6-7-11-23(22)31(24)27/h3-15,24H,2,16-18H2,1H3,(H,28,32)/t24-/m1/s1. The van der Waals surface area contributed by atoms with Gasteiger partial charge in [-0.2, -0.15) is 0 Å². The van der Waals surface area contributed by atoms with E-state index in [1.807, 2.05) is 71.3 Å². The largest absolute Gasteiger partial charge is 0.326 e. The van der Waals surface area contributed by atoms with Gasteiger partial charge >= 0.3 is 0 Å². The van der Waals surface area contributed by atoms with Crippen LogP contribution in [0.4, 0.5) is 11.6 Å². The van der Waals surface area contributed by atoms with Gasteiger partial charge in [0.05, 0.1) is 17.5 Å². The number of fused-ring (bicyclic) bond motifs is 3. The summed E-state index contributed by atoms with van der Waals surface area (Å²) in [7, 11) is 0. The van der Waals surface area contributed by atoms with Crippen LogP contribution in [0.25, 0.3) is 11.0 Å². The lowest BCUT2D eigenvalue weighted by molar-refractivity contribution is -0.124. The number of aromatic nitrogens is 2. The summed E-state index contributed by atoms with van der Waals surface area (Å²) >= 11 is 0. The van der Waals surface area contributed by atoms with Crippen molar-refractivity contribution in [2.24, 2.45) is 0 Å². The zero-order chi connectivity index (χ0) is 22.8. The molecule has 0 radical (unpaired) electrons. The number of amides is 2. The summed E-state index contributed by atoms with van der Waals surface area (Å²) in [6, 6.07) is 25.0. The summed E-state index contributed by atoms with van der Waals surface area (Å²) in [5, 5.41) is 2.94. The van der Waals surface area contributed by atoms with Crippen molar-refractivity contribution in [3.8, 4) is 0 Å². The number of carbonyl (C=O) groups excluding carboxylic acids is 2. The van der Waals surface area contributed by atoms with E-state index in [0.29, 0.717) is 12.5 Å². The van der Waals surface area contributed by atoms with Gasteiger partial charge in [-0.1, -0.05) is 61.5 Å². The van der Waals surface area contributed by atoms with Crippen LogP contribution in [0.5, 0.6) is 0 Å². The van der Waals surface area contributed by atoms with Gasteiger partial charge in [0.1, 0.15) is 6.04 Å². The third-order valence-electron chi connectivity index (χ3n) is 6.17. The molecule has 0 saturated heterocycles. The molecule has 1 N–H and O–H groups in total. The van der Waals surface area contributed by atoms with Crippen LogP contribution in [0.3, 0.4) is 0 Å². The summed E-state index contributed by atoms with van der Waals surface area (Å²) in [6.07, 6.45) is 1.72. The number of imidazole rings is 1. The van der Waals surface area contributed by atoms with Crippen molar-refractivity contribution in [1.29, 1.82) is 0 Å². The fraction of sp³-hybridized carbons (Fsp3) is 0.222. The third-order valence-corrected chi connectivity index (χ3v) is 6.17. The van der Waals surface area contributed by atoms with Gasteiger partial charge in [-0.15, -0.1) is 0 Å². The number of rotatable bonds is 7. The van der Waals surface area contributed by atoms with Crippen LogP contribution in [-0.2, 0) is 22.4 Å². The highest BCUT2D eigenvalue weighted by Gasteiger charge is 2.40. The molecule has 0 saturated carbocycles. The number of aryl methyl sites for hydroxylation is 1. The van der Waals surface area contributed by atoms with Crippen molar-refractivity contribution >= 4 is 34.5 Å². The fourth-order valence-corrected chi connectivity index (χ4v) is 4.40. The van der Waals surface area contributed by atoms with E-state index in [1.54, 1.807) is 4.90 Å². The Bertz CT molecular complexity index is 1290. The summed E-state index contributed by atoms with van der Waals surface area (Å²) in [5.74, 6) is 0.337. The molecule has 5 rings (SSSR count). The van der Waals surface area contributed by atoms with Crippen LogP contribution in [-0.4, -0.2) is 27.9 Å². The van der Waals surface area contributed by atoms with Gasteiger partial charge in [0.25, 0.3) is 5.91 Å². The Balaban J connectivity index is 1.39. The molecule has 2 amide bonds. The lowest BCUT2D eigenvalue weighted by Crippen LogP contribution is -2.33. The summed E-state index contributed by atoms with van der Waals surface area (Å²) in [5.41, 5.74) is 4.80. The SMILES string of the molecule is CCc1ccc(NC(=O)C[C@@H]2C(=O)N(CCc3ccccc3)c3nc4ccccc4n32)cc1. The maximum Gasteiger partial charge on any atom is 0.253 e. The van der Waals surface area contributed by atoms with E-state index in [-0.39, 0.29) is 18.2 Å². The molecule has 4 aromatic rings. The van der Waals surface area contributed by atoms with Crippen LogP contribution in [0.2, 0.25) is 0 Å². The number of hydrogen-bond acceptors (Lipinski definition) is 3. The van der Waals surface area contributed by atoms with Gasteiger partial charge in [-0.05, 0) is 48.2 Å². The average Bonchev–Trinajstić information content (AvgIpc) is 3.33. The van der Waals surface area contributed by atoms with Gasteiger partial charge < -0.3 is 5.32 Å². The summed E-state index contributed by atoms with van der Waals surface area (Å²) < 4.78 is 1.92. The fourth-order valence-electron chi connectivity index (χ4n) is 4.40. The van der Waals surface area contributed by atoms with Crippen LogP contribution in [0, 0.1) is 0 Å². The maximum atomic E-state index is 13.4. The molecular weight excluding hydrogens is 412 g/mol. The first-order valence-corrected chi connectivity index (χ1v) is 11.3. The molecule has 0 fully saturated rings. The Labute approximate surface area is 192 Å². The lowest BCUT2D eigenvalue weighted by Gasteiger charge is -2.16. The molecule has 2 heterocycles. The van der Waals surface area contributed by atoms with Gasteiger partial charge in [0.15, 0.2) is 0 Å². The third kappa shape index (κ3) is 4.12. The number of benzene rings is 3. The predicted octanol–water partition coefficient (Wildman–Crippen LogP) is 4.76. The van der Waals surface area contributed by atoms with Gasteiger partial charge in [0.2, 0.25) is 11.9 Å². The molecule has 0 bridgehead atoms. The van der Waals surface area contributed by atoms with Crippen molar-refractivity contribution in [1.82, 2.24) is 9.55 Å². The van der Waals surface area contributed by atoms with Crippen molar-refractivity contribution < 1.29 is 9.59 Å². The predicted molar refractivity (Wildman–Crippen MR) is 130 cm³/mol. The Morgan fingerprint density at radius 1 is 0.939 bits per heavy atom. The first-order valence-electron chi connectivity index (χ1n) is 11.3. The molecular formula is C27H26N4O2. The Morgan fingerprint density at radius 2 is 1.67 bits per heavy atom. The number of hydrogen-bond donors (Lipinski definition) is 1. The molecule has 1 aliphatic heterocycles. The maximum absolute atomic E-state index is 13.4. The second-order valence-electron chi connectivity index (χ2n) is 8.31. The molecule has 0 unspecified atom stereocenters.